The number of carbonyl (C=O) groups excluding carboxylic acids is 2. The molecule has 124 valence electrons. The average Bonchev–Trinajstić information content (AvgIpc) is 2.75. The monoisotopic (exact) mass is 328 g/mol. The molecule has 1 heterocycles. The summed E-state index contributed by atoms with van der Waals surface area (Å²) in [5.74, 6) is -0.432. The van der Waals surface area contributed by atoms with Crippen LogP contribution in [0.1, 0.15) is 22.3 Å². The molecule has 0 aromatic heterocycles. The molecule has 6 heteroatoms. The number of carbonyl (C=O) groups is 2. The van der Waals surface area contributed by atoms with Crippen LogP contribution in [0.3, 0.4) is 0 Å². The van der Waals surface area contributed by atoms with Gasteiger partial charge in [0.05, 0.1) is 24.3 Å². The van der Waals surface area contributed by atoms with Crippen molar-refractivity contribution in [3.8, 4) is 5.75 Å². The van der Waals surface area contributed by atoms with E-state index in [2.05, 4.69) is 10.6 Å². The van der Waals surface area contributed by atoms with E-state index in [0.29, 0.717) is 37.4 Å². The van der Waals surface area contributed by atoms with E-state index in [9.17, 15) is 14.0 Å². The zero-order valence-corrected chi connectivity index (χ0v) is 13.0. The zero-order valence-electron chi connectivity index (χ0n) is 13.0. The Morgan fingerprint density at radius 3 is 2.92 bits per heavy atom. The van der Waals surface area contributed by atoms with Gasteiger partial charge in [-0.2, -0.15) is 0 Å². The van der Waals surface area contributed by atoms with Crippen molar-refractivity contribution in [2.45, 2.75) is 12.8 Å². The topological polar surface area (TPSA) is 67.4 Å². The number of ether oxygens (including phenoxy) is 1. The molecule has 2 amide bonds. The molecule has 0 saturated heterocycles. The number of benzene rings is 2. The van der Waals surface area contributed by atoms with E-state index >= 15 is 0 Å². The van der Waals surface area contributed by atoms with Crippen LogP contribution in [0.25, 0.3) is 0 Å². The zero-order chi connectivity index (χ0) is 16.9. The van der Waals surface area contributed by atoms with Crippen LogP contribution in [-0.2, 0) is 11.2 Å². The summed E-state index contributed by atoms with van der Waals surface area (Å²) in [5, 5.41) is 5.49. The molecule has 2 N–H and O–H groups in total. The number of halogens is 1. The molecule has 0 fully saturated rings. The molecule has 0 bridgehead atoms. The number of amides is 2. The van der Waals surface area contributed by atoms with Crippen molar-refractivity contribution in [1.82, 2.24) is 5.32 Å². The van der Waals surface area contributed by atoms with Gasteiger partial charge in [0.2, 0.25) is 5.91 Å². The summed E-state index contributed by atoms with van der Waals surface area (Å²) in [7, 11) is 0. The summed E-state index contributed by atoms with van der Waals surface area (Å²) in [6.45, 7) is 0.720. The van der Waals surface area contributed by atoms with Gasteiger partial charge in [-0.15, -0.1) is 0 Å². The van der Waals surface area contributed by atoms with Gasteiger partial charge in [-0.25, -0.2) is 4.39 Å². The fourth-order valence-electron chi connectivity index (χ4n) is 2.48. The van der Waals surface area contributed by atoms with Gasteiger partial charge in [-0.3, -0.25) is 9.59 Å². The minimum Gasteiger partial charge on any atom is -0.491 e. The minimum atomic E-state index is -0.542. The number of anilines is 1. The smallest absolute Gasteiger partial charge is 0.254 e. The summed E-state index contributed by atoms with van der Waals surface area (Å²) < 4.78 is 19.0. The number of fused-ring (bicyclic) bond motifs is 1. The van der Waals surface area contributed by atoms with Crippen LogP contribution in [0.5, 0.6) is 5.75 Å². The fraction of sp³-hybridized carbons (Fsp3) is 0.222. The Kier molecular flexibility index (Phi) is 4.74. The van der Waals surface area contributed by atoms with Gasteiger partial charge in [-0.05, 0) is 36.2 Å². The number of hydrogen-bond acceptors (Lipinski definition) is 3. The molecular weight excluding hydrogens is 311 g/mol. The van der Waals surface area contributed by atoms with Crippen molar-refractivity contribution in [3.05, 3.63) is 59.4 Å². The van der Waals surface area contributed by atoms with Gasteiger partial charge in [0.15, 0.2) is 0 Å². The molecule has 0 radical (unpaired) electrons. The van der Waals surface area contributed by atoms with E-state index in [4.69, 9.17) is 4.74 Å². The highest BCUT2D eigenvalue weighted by molar-refractivity contribution is 5.94. The molecule has 0 unspecified atom stereocenters. The van der Waals surface area contributed by atoms with E-state index < -0.39 is 11.7 Å². The Labute approximate surface area is 138 Å². The molecule has 3 rings (SSSR count). The van der Waals surface area contributed by atoms with Gasteiger partial charge in [0.1, 0.15) is 11.6 Å². The molecule has 2 aromatic rings. The summed E-state index contributed by atoms with van der Waals surface area (Å²) in [6.07, 6.45) is 0.881. The van der Waals surface area contributed by atoms with Gasteiger partial charge in [-0.1, -0.05) is 18.2 Å². The van der Waals surface area contributed by atoms with Crippen LogP contribution in [0.2, 0.25) is 0 Å². The normalized spacial score (nSPS) is 13.3. The molecule has 1 aliphatic rings. The van der Waals surface area contributed by atoms with E-state index in [-0.39, 0.29) is 11.5 Å². The van der Waals surface area contributed by atoms with Crippen molar-refractivity contribution in [3.63, 3.8) is 0 Å². The molecule has 2 aromatic carbocycles. The van der Waals surface area contributed by atoms with Gasteiger partial charge < -0.3 is 15.4 Å². The lowest BCUT2D eigenvalue weighted by Crippen LogP contribution is -2.26. The third-order valence-corrected chi connectivity index (χ3v) is 3.72. The summed E-state index contributed by atoms with van der Waals surface area (Å²) in [5.41, 5.74) is 1.60. The van der Waals surface area contributed by atoms with E-state index in [1.807, 2.05) is 12.1 Å². The lowest BCUT2D eigenvalue weighted by Gasteiger charge is -2.10. The van der Waals surface area contributed by atoms with Crippen LogP contribution in [0.4, 0.5) is 10.1 Å². The maximum absolute atomic E-state index is 13.5. The van der Waals surface area contributed by atoms with Gasteiger partial charge in [0, 0.05) is 6.54 Å². The summed E-state index contributed by atoms with van der Waals surface area (Å²) in [6, 6.07) is 11.4. The van der Waals surface area contributed by atoms with E-state index in [1.54, 1.807) is 12.1 Å². The van der Waals surface area contributed by atoms with Gasteiger partial charge >= 0.3 is 0 Å². The Balaban J connectivity index is 1.60. The second-order valence-electron chi connectivity index (χ2n) is 5.46. The molecule has 24 heavy (non-hydrogen) atoms. The first-order chi connectivity index (χ1) is 11.6. The molecule has 0 atom stereocenters. The Hall–Kier alpha value is -2.89. The lowest BCUT2D eigenvalue weighted by atomic mass is 10.1. The largest absolute Gasteiger partial charge is 0.491 e. The van der Waals surface area contributed by atoms with Crippen molar-refractivity contribution in [2.75, 3.05) is 18.5 Å². The Morgan fingerprint density at radius 1 is 1.25 bits per heavy atom. The maximum atomic E-state index is 13.5. The first-order valence-corrected chi connectivity index (χ1v) is 7.72. The second kappa shape index (κ2) is 7.12. The van der Waals surface area contributed by atoms with Crippen molar-refractivity contribution in [1.29, 1.82) is 0 Å². The van der Waals surface area contributed by atoms with E-state index in [1.165, 1.54) is 18.2 Å². The highest BCUT2D eigenvalue weighted by Gasteiger charge is 2.14. The number of hydrogen-bond donors (Lipinski definition) is 2. The third-order valence-electron chi connectivity index (χ3n) is 3.72. The van der Waals surface area contributed by atoms with Crippen molar-refractivity contribution >= 4 is 17.5 Å². The van der Waals surface area contributed by atoms with Crippen molar-refractivity contribution in [2.24, 2.45) is 0 Å². The van der Waals surface area contributed by atoms with Crippen LogP contribution in [0.15, 0.2) is 42.5 Å². The average molecular weight is 328 g/mol. The standard InChI is InChI=1S/C18H17FN2O3/c19-14-4-2-1-3-13(14)18(23)20-9-7-12-5-6-16-15(11-12)21-17(22)8-10-24-16/h1-6,11H,7-10H2,(H,20,23)(H,21,22). The number of rotatable bonds is 4. The van der Waals surface area contributed by atoms with Gasteiger partial charge in [0.25, 0.3) is 5.91 Å². The van der Waals surface area contributed by atoms with Crippen LogP contribution < -0.4 is 15.4 Å². The Bertz CT molecular complexity index is 777. The quantitative estimate of drug-likeness (QED) is 0.906. The lowest BCUT2D eigenvalue weighted by molar-refractivity contribution is -0.116. The molecule has 0 aliphatic carbocycles. The first kappa shape index (κ1) is 16.0. The molecule has 0 spiro atoms. The summed E-state index contributed by atoms with van der Waals surface area (Å²) in [4.78, 5) is 23.5. The van der Waals surface area contributed by atoms with Crippen LogP contribution >= 0.6 is 0 Å². The van der Waals surface area contributed by atoms with E-state index in [0.717, 1.165) is 5.56 Å². The fourth-order valence-corrected chi connectivity index (χ4v) is 2.48. The molecule has 1 aliphatic heterocycles. The summed E-state index contributed by atoms with van der Waals surface area (Å²) >= 11 is 0. The predicted molar refractivity (Wildman–Crippen MR) is 87.6 cm³/mol. The minimum absolute atomic E-state index is 0.0279. The van der Waals surface area contributed by atoms with Crippen LogP contribution in [-0.4, -0.2) is 25.0 Å². The Morgan fingerprint density at radius 2 is 2.08 bits per heavy atom. The highest BCUT2D eigenvalue weighted by atomic mass is 19.1. The molecule has 0 saturated carbocycles. The highest BCUT2D eigenvalue weighted by Crippen LogP contribution is 2.28. The first-order valence-electron chi connectivity index (χ1n) is 7.72. The van der Waals surface area contributed by atoms with Crippen molar-refractivity contribution < 1.29 is 18.7 Å². The third kappa shape index (κ3) is 3.71. The van der Waals surface area contributed by atoms with Crippen LogP contribution in [0, 0.1) is 5.82 Å². The number of nitrogens with one attached hydrogen (secondary N) is 2. The SMILES string of the molecule is O=C1CCOc2ccc(CCNC(=O)c3ccccc3F)cc2N1. The molecule has 5 nitrogen and oxygen atoms in total. The molecular formula is C18H17FN2O3. The second-order valence-corrected chi connectivity index (χ2v) is 5.46. The maximum Gasteiger partial charge on any atom is 0.254 e. The predicted octanol–water partition coefficient (Wildman–Crippen LogP) is 2.52.